The topological polar surface area (TPSA) is 72.2 Å². The minimum atomic E-state index is -3.45. The summed E-state index contributed by atoms with van der Waals surface area (Å²) in [4.78, 5) is 0. The van der Waals surface area contributed by atoms with Gasteiger partial charge in [-0.25, -0.2) is 8.42 Å². The molecule has 2 rings (SSSR count). The zero-order valence-electron chi connectivity index (χ0n) is 12.2. The number of nitrogens with two attached hydrogens (primary N) is 1. The van der Waals surface area contributed by atoms with Gasteiger partial charge in [0.05, 0.1) is 17.1 Å². The molecule has 0 radical (unpaired) electrons. The van der Waals surface area contributed by atoms with Crippen molar-refractivity contribution >= 4 is 21.4 Å². The molecule has 1 unspecified atom stereocenters. The van der Waals surface area contributed by atoms with Gasteiger partial charge in [-0.3, -0.25) is 4.72 Å². The SMILES string of the molecule is Cc1ccc(N)c(NS(=O)(=O)CC(C)c2ccccc2)c1. The van der Waals surface area contributed by atoms with Crippen molar-refractivity contribution in [3.05, 3.63) is 59.7 Å². The van der Waals surface area contributed by atoms with E-state index in [1.54, 1.807) is 12.1 Å². The van der Waals surface area contributed by atoms with Crippen LogP contribution < -0.4 is 10.5 Å². The number of nitrogen functional groups attached to an aromatic ring is 1. The summed E-state index contributed by atoms with van der Waals surface area (Å²) in [5, 5.41) is 0. The molecule has 0 saturated carbocycles. The van der Waals surface area contributed by atoms with E-state index in [-0.39, 0.29) is 11.7 Å². The molecule has 0 bridgehead atoms. The number of rotatable bonds is 5. The van der Waals surface area contributed by atoms with Gasteiger partial charge in [0.15, 0.2) is 0 Å². The Balaban J connectivity index is 2.14. The maximum Gasteiger partial charge on any atom is 0.233 e. The summed E-state index contributed by atoms with van der Waals surface area (Å²) in [6, 6.07) is 14.9. The summed E-state index contributed by atoms with van der Waals surface area (Å²) >= 11 is 0. The number of anilines is 2. The fourth-order valence-corrected chi connectivity index (χ4v) is 3.62. The number of sulfonamides is 1. The lowest BCUT2D eigenvalue weighted by molar-refractivity contribution is 0.596. The third kappa shape index (κ3) is 4.23. The van der Waals surface area contributed by atoms with Crippen LogP contribution in [0.15, 0.2) is 48.5 Å². The van der Waals surface area contributed by atoms with E-state index in [0.29, 0.717) is 11.4 Å². The largest absolute Gasteiger partial charge is 0.397 e. The van der Waals surface area contributed by atoms with Crippen molar-refractivity contribution in [3.63, 3.8) is 0 Å². The minimum Gasteiger partial charge on any atom is -0.397 e. The highest BCUT2D eigenvalue weighted by Crippen LogP contribution is 2.23. The van der Waals surface area contributed by atoms with Crippen molar-refractivity contribution in [3.8, 4) is 0 Å². The van der Waals surface area contributed by atoms with Crippen LogP contribution in [0.4, 0.5) is 11.4 Å². The molecule has 1 atom stereocenters. The normalized spacial score (nSPS) is 12.9. The van der Waals surface area contributed by atoms with E-state index < -0.39 is 10.0 Å². The first kappa shape index (κ1) is 15.4. The summed E-state index contributed by atoms with van der Waals surface area (Å²) in [5.74, 6) is -0.0700. The Hall–Kier alpha value is -2.01. The molecule has 21 heavy (non-hydrogen) atoms. The molecule has 0 aliphatic rings. The Bertz CT molecular complexity index is 712. The Morgan fingerprint density at radius 3 is 2.48 bits per heavy atom. The summed E-state index contributed by atoms with van der Waals surface area (Å²) in [6.45, 7) is 3.79. The van der Waals surface area contributed by atoms with E-state index >= 15 is 0 Å². The fraction of sp³-hybridized carbons (Fsp3) is 0.250. The number of nitrogens with one attached hydrogen (secondary N) is 1. The molecule has 0 spiro atoms. The van der Waals surface area contributed by atoms with Crippen LogP contribution in [-0.2, 0) is 10.0 Å². The average Bonchev–Trinajstić information content (AvgIpc) is 2.43. The number of hydrogen-bond acceptors (Lipinski definition) is 3. The van der Waals surface area contributed by atoms with E-state index in [1.807, 2.05) is 50.2 Å². The first-order valence-corrected chi connectivity index (χ1v) is 8.44. The molecule has 0 aliphatic carbocycles. The average molecular weight is 304 g/mol. The quantitative estimate of drug-likeness (QED) is 0.834. The van der Waals surface area contributed by atoms with Crippen LogP contribution in [-0.4, -0.2) is 14.2 Å². The molecule has 0 saturated heterocycles. The molecule has 4 nitrogen and oxygen atoms in total. The molecular weight excluding hydrogens is 284 g/mol. The Morgan fingerprint density at radius 2 is 1.81 bits per heavy atom. The standard InChI is InChI=1S/C16H20N2O2S/c1-12-8-9-15(17)16(10-12)18-21(19,20)11-13(2)14-6-4-3-5-7-14/h3-10,13,18H,11,17H2,1-2H3. The molecule has 0 aliphatic heterocycles. The summed E-state index contributed by atoms with van der Waals surface area (Å²) in [5.41, 5.74) is 8.64. The number of aryl methyl sites for hydroxylation is 1. The van der Waals surface area contributed by atoms with Crippen molar-refractivity contribution in [2.24, 2.45) is 0 Å². The highest BCUT2D eigenvalue weighted by molar-refractivity contribution is 7.92. The first-order valence-electron chi connectivity index (χ1n) is 6.79. The van der Waals surface area contributed by atoms with Crippen LogP contribution in [0.25, 0.3) is 0 Å². The third-order valence-corrected chi connectivity index (χ3v) is 4.78. The van der Waals surface area contributed by atoms with E-state index in [9.17, 15) is 8.42 Å². The van der Waals surface area contributed by atoms with E-state index in [1.165, 1.54) is 0 Å². The Morgan fingerprint density at radius 1 is 1.14 bits per heavy atom. The zero-order valence-corrected chi connectivity index (χ0v) is 13.0. The van der Waals surface area contributed by atoms with Crippen molar-refractivity contribution in [1.82, 2.24) is 0 Å². The summed E-state index contributed by atoms with van der Waals surface area (Å²) in [7, 11) is -3.45. The summed E-state index contributed by atoms with van der Waals surface area (Å²) < 4.78 is 27.1. The van der Waals surface area contributed by atoms with Crippen molar-refractivity contribution in [2.75, 3.05) is 16.2 Å². The fourth-order valence-electron chi connectivity index (χ4n) is 2.17. The molecule has 3 N–H and O–H groups in total. The maximum atomic E-state index is 12.3. The lowest BCUT2D eigenvalue weighted by Gasteiger charge is -2.15. The third-order valence-electron chi connectivity index (χ3n) is 3.31. The van der Waals surface area contributed by atoms with Gasteiger partial charge in [0.2, 0.25) is 10.0 Å². The zero-order chi connectivity index (χ0) is 15.5. The van der Waals surface area contributed by atoms with Crippen LogP contribution in [0.3, 0.4) is 0 Å². The van der Waals surface area contributed by atoms with E-state index in [2.05, 4.69) is 4.72 Å². The monoisotopic (exact) mass is 304 g/mol. The van der Waals surface area contributed by atoms with Gasteiger partial charge in [-0.2, -0.15) is 0 Å². The molecule has 0 heterocycles. The van der Waals surface area contributed by atoms with Crippen LogP contribution in [0.5, 0.6) is 0 Å². The minimum absolute atomic E-state index is 0.0182. The molecule has 2 aromatic rings. The van der Waals surface area contributed by atoms with Crippen LogP contribution in [0.2, 0.25) is 0 Å². The lowest BCUT2D eigenvalue weighted by Crippen LogP contribution is -2.21. The molecule has 112 valence electrons. The van der Waals surface area contributed by atoms with Crippen LogP contribution in [0.1, 0.15) is 24.0 Å². The summed E-state index contributed by atoms with van der Waals surface area (Å²) in [6.07, 6.45) is 0. The second-order valence-corrected chi connectivity index (χ2v) is 7.05. The van der Waals surface area contributed by atoms with Gasteiger partial charge < -0.3 is 5.73 Å². The molecule has 5 heteroatoms. The maximum absolute atomic E-state index is 12.3. The number of benzene rings is 2. The molecule has 0 fully saturated rings. The predicted molar refractivity (Wildman–Crippen MR) is 87.9 cm³/mol. The van der Waals surface area contributed by atoms with Crippen molar-refractivity contribution in [2.45, 2.75) is 19.8 Å². The predicted octanol–water partition coefficient (Wildman–Crippen LogP) is 3.12. The van der Waals surface area contributed by atoms with Gasteiger partial charge in [-0.15, -0.1) is 0 Å². The lowest BCUT2D eigenvalue weighted by atomic mass is 10.0. The van der Waals surface area contributed by atoms with E-state index in [0.717, 1.165) is 11.1 Å². The van der Waals surface area contributed by atoms with Gasteiger partial charge in [-0.1, -0.05) is 43.3 Å². The molecule has 0 aromatic heterocycles. The highest BCUT2D eigenvalue weighted by Gasteiger charge is 2.18. The molecule has 0 amide bonds. The number of hydrogen-bond donors (Lipinski definition) is 2. The smallest absolute Gasteiger partial charge is 0.233 e. The van der Waals surface area contributed by atoms with E-state index in [4.69, 9.17) is 5.73 Å². The van der Waals surface area contributed by atoms with Gasteiger partial charge in [0.1, 0.15) is 0 Å². The Kier molecular flexibility index (Phi) is 4.53. The Labute approximate surface area is 126 Å². The van der Waals surface area contributed by atoms with Crippen molar-refractivity contribution in [1.29, 1.82) is 0 Å². The second kappa shape index (κ2) is 6.18. The molecule has 2 aromatic carbocycles. The van der Waals surface area contributed by atoms with Gasteiger partial charge in [-0.05, 0) is 36.1 Å². The first-order chi connectivity index (χ1) is 9.87. The highest BCUT2D eigenvalue weighted by atomic mass is 32.2. The van der Waals surface area contributed by atoms with Crippen molar-refractivity contribution < 1.29 is 8.42 Å². The molecular formula is C16H20N2O2S. The van der Waals surface area contributed by atoms with Crippen LogP contribution in [0, 0.1) is 6.92 Å². The second-order valence-electron chi connectivity index (χ2n) is 5.29. The van der Waals surface area contributed by atoms with Gasteiger partial charge in [0, 0.05) is 0 Å². The van der Waals surface area contributed by atoms with Gasteiger partial charge in [0.25, 0.3) is 0 Å². The van der Waals surface area contributed by atoms with Crippen LogP contribution >= 0.6 is 0 Å². The van der Waals surface area contributed by atoms with Gasteiger partial charge >= 0.3 is 0 Å².